The predicted octanol–water partition coefficient (Wildman–Crippen LogP) is 5.31. The van der Waals surface area contributed by atoms with Gasteiger partial charge in [-0.2, -0.15) is 5.26 Å². The number of benzene rings is 1. The molecule has 3 saturated heterocycles. The van der Waals surface area contributed by atoms with Gasteiger partial charge in [0.15, 0.2) is 5.82 Å². The summed E-state index contributed by atoms with van der Waals surface area (Å²) in [7, 11) is 0. The zero-order valence-corrected chi connectivity index (χ0v) is 22.1. The van der Waals surface area contributed by atoms with Gasteiger partial charge in [0.25, 0.3) is 0 Å². The second-order valence-corrected chi connectivity index (χ2v) is 10.4. The molecule has 3 aromatic rings. The molecule has 8 heteroatoms. The number of urea groups is 1. The summed E-state index contributed by atoms with van der Waals surface area (Å²) >= 11 is 0. The maximum Gasteiger partial charge on any atom is 0.319 e. The topological polar surface area (TPSA) is 107 Å². The lowest BCUT2D eigenvalue weighted by Crippen LogP contribution is -2.56. The van der Waals surface area contributed by atoms with Gasteiger partial charge in [0.1, 0.15) is 0 Å². The van der Waals surface area contributed by atoms with Crippen molar-refractivity contribution in [1.82, 2.24) is 25.2 Å². The molecule has 0 saturated carbocycles. The number of nitrogens with one attached hydrogen (secondary N) is 2. The van der Waals surface area contributed by atoms with Crippen LogP contribution < -0.4 is 10.6 Å². The minimum Gasteiger partial charge on any atom is -0.336 e. The molecule has 0 spiro atoms. The SMILES string of the molecule is CCC(CC)c1cc(C2CN3CCC2CC3CNC(=O)Nc2cccc(C#N)c2)nc(-c2ccncc2)n1. The van der Waals surface area contributed by atoms with E-state index in [1.165, 1.54) is 0 Å². The minimum atomic E-state index is -0.244. The number of nitriles is 1. The third-order valence-corrected chi connectivity index (χ3v) is 8.11. The molecular weight excluding hydrogens is 474 g/mol. The molecule has 3 fully saturated rings. The molecule has 0 aliphatic carbocycles. The van der Waals surface area contributed by atoms with Crippen LogP contribution >= 0.6 is 0 Å². The first kappa shape index (κ1) is 25.8. The zero-order chi connectivity index (χ0) is 26.5. The van der Waals surface area contributed by atoms with Crippen LogP contribution in [0.1, 0.15) is 68.3 Å². The Hall–Kier alpha value is -3.83. The van der Waals surface area contributed by atoms with Crippen LogP contribution in [0.5, 0.6) is 0 Å². The van der Waals surface area contributed by atoms with Crippen LogP contribution in [0.4, 0.5) is 10.5 Å². The molecule has 8 nitrogen and oxygen atoms in total. The molecule has 196 valence electrons. The first-order chi connectivity index (χ1) is 18.6. The summed E-state index contributed by atoms with van der Waals surface area (Å²) < 4.78 is 0. The highest BCUT2D eigenvalue weighted by atomic mass is 16.2. The van der Waals surface area contributed by atoms with Crippen LogP contribution in [0, 0.1) is 17.2 Å². The van der Waals surface area contributed by atoms with Gasteiger partial charge in [-0.1, -0.05) is 19.9 Å². The number of pyridine rings is 1. The molecule has 3 aliphatic rings. The fourth-order valence-corrected chi connectivity index (χ4v) is 5.96. The molecule has 4 unspecified atom stereocenters. The van der Waals surface area contributed by atoms with Crippen LogP contribution in [0.3, 0.4) is 0 Å². The van der Waals surface area contributed by atoms with Gasteiger partial charge in [0.2, 0.25) is 0 Å². The average molecular weight is 510 g/mol. The average Bonchev–Trinajstić information content (AvgIpc) is 2.97. The van der Waals surface area contributed by atoms with Gasteiger partial charge in [0.05, 0.1) is 11.6 Å². The Labute approximate surface area is 224 Å². The van der Waals surface area contributed by atoms with Crippen molar-refractivity contribution in [3.8, 4) is 17.5 Å². The highest BCUT2D eigenvalue weighted by Gasteiger charge is 2.41. The lowest BCUT2D eigenvalue weighted by Gasteiger charge is -2.49. The Kier molecular flexibility index (Phi) is 7.94. The number of carbonyl (C=O) groups is 1. The van der Waals surface area contributed by atoms with Gasteiger partial charge in [-0.15, -0.1) is 0 Å². The molecule has 2 aromatic heterocycles. The third kappa shape index (κ3) is 5.68. The van der Waals surface area contributed by atoms with Gasteiger partial charge in [0, 0.05) is 66.0 Å². The largest absolute Gasteiger partial charge is 0.336 e. The van der Waals surface area contributed by atoms with E-state index in [2.05, 4.69) is 46.5 Å². The van der Waals surface area contributed by atoms with Crippen LogP contribution in [0.15, 0.2) is 54.9 Å². The van der Waals surface area contributed by atoms with Crippen molar-refractivity contribution < 1.29 is 4.79 Å². The molecule has 6 rings (SSSR count). The van der Waals surface area contributed by atoms with E-state index in [4.69, 9.17) is 15.2 Å². The predicted molar refractivity (Wildman–Crippen MR) is 148 cm³/mol. The number of aromatic nitrogens is 3. The van der Waals surface area contributed by atoms with Crippen LogP contribution in [-0.4, -0.2) is 51.6 Å². The quantitative estimate of drug-likeness (QED) is 0.426. The Morgan fingerprint density at radius 1 is 1.16 bits per heavy atom. The highest BCUT2D eigenvalue weighted by Crippen LogP contribution is 2.42. The molecule has 2 N–H and O–H groups in total. The van der Waals surface area contributed by atoms with Crippen molar-refractivity contribution in [1.29, 1.82) is 5.26 Å². The highest BCUT2D eigenvalue weighted by molar-refractivity contribution is 5.89. The zero-order valence-electron chi connectivity index (χ0n) is 22.1. The first-order valence-corrected chi connectivity index (χ1v) is 13.7. The molecule has 4 atom stereocenters. The van der Waals surface area contributed by atoms with Crippen molar-refractivity contribution in [2.45, 2.75) is 57.4 Å². The summed E-state index contributed by atoms with van der Waals surface area (Å²) in [6.45, 7) is 7.03. The summed E-state index contributed by atoms with van der Waals surface area (Å²) in [5.41, 5.74) is 4.43. The number of carbonyl (C=O) groups excluding carboxylic acids is 1. The van der Waals surface area contributed by atoms with Gasteiger partial charge in [-0.05, 0) is 74.5 Å². The molecule has 1 aromatic carbocycles. The Morgan fingerprint density at radius 3 is 2.68 bits per heavy atom. The number of hydrogen-bond acceptors (Lipinski definition) is 6. The van der Waals surface area contributed by atoms with Gasteiger partial charge >= 0.3 is 6.03 Å². The monoisotopic (exact) mass is 509 g/mol. The number of piperidine rings is 3. The molecule has 2 amide bonds. The molecular formula is C30H35N7O. The number of fused-ring (bicyclic) bond motifs is 3. The standard InChI is InChI=1S/C30H35N7O/c1-3-21(4-2)27-16-28(36-29(35-27)22-8-11-32-12-9-22)26-19-37-13-10-23(26)15-25(37)18-33-30(38)34-24-7-5-6-20(14-24)17-31/h5-9,11-12,14,16,21,23,25-26H,3-4,10,13,15,18-19H2,1-2H3,(H2,33,34,38). The van der Waals surface area contributed by atoms with Crippen molar-refractivity contribution in [3.63, 3.8) is 0 Å². The summed E-state index contributed by atoms with van der Waals surface area (Å²) in [6.07, 6.45) is 7.88. The van der Waals surface area contributed by atoms with Gasteiger partial charge < -0.3 is 10.6 Å². The minimum absolute atomic E-state index is 0.244. The normalized spacial score (nSPS) is 22.2. The number of hydrogen-bond donors (Lipinski definition) is 2. The van der Waals surface area contributed by atoms with Gasteiger partial charge in [-0.25, -0.2) is 14.8 Å². The van der Waals surface area contributed by atoms with Gasteiger partial charge in [-0.3, -0.25) is 9.88 Å². The van der Waals surface area contributed by atoms with Crippen molar-refractivity contribution in [2.75, 3.05) is 25.0 Å². The summed E-state index contributed by atoms with van der Waals surface area (Å²) in [5.74, 6) is 2.09. The van der Waals surface area contributed by atoms with Crippen LogP contribution in [0.25, 0.3) is 11.4 Å². The van der Waals surface area contributed by atoms with Crippen molar-refractivity contribution in [3.05, 3.63) is 71.8 Å². The lowest BCUT2D eigenvalue weighted by molar-refractivity contribution is 0.0307. The summed E-state index contributed by atoms with van der Waals surface area (Å²) in [4.78, 5) is 29.3. The van der Waals surface area contributed by atoms with E-state index in [0.29, 0.717) is 41.6 Å². The van der Waals surface area contributed by atoms with Crippen molar-refractivity contribution in [2.24, 2.45) is 5.92 Å². The third-order valence-electron chi connectivity index (χ3n) is 8.11. The molecule has 38 heavy (non-hydrogen) atoms. The fourth-order valence-electron chi connectivity index (χ4n) is 5.96. The van der Waals surface area contributed by atoms with E-state index in [1.807, 2.05) is 12.1 Å². The summed E-state index contributed by atoms with van der Waals surface area (Å²) in [5, 5.41) is 15.0. The number of amides is 2. The molecule has 0 radical (unpaired) electrons. The Morgan fingerprint density at radius 2 is 1.97 bits per heavy atom. The number of anilines is 1. The van der Waals surface area contributed by atoms with Crippen LogP contribution in [0.2, 0.25) is 0 Å². The number of nitrogens with zero attached hydrogens (tertiary/aromatic N) is 5. The van der Waals surface area contributed by atoms with E-state index in [1.54, 1.807) is 36.7 Å². The maximum absolute atomic E-state index is 12.5. The molecule has 5 heterocycles. The van der Waals surface area contributed by atoms with E-state index in [-0.39, 0.29) is 6.03 Å². The Balaban J connectivity index is 1.28. The second-order valence-electron chi connectivity index (χ2n) is 10.4. The van der Waals surface area contributed by atoms with Crippen LogP contribution in [-0.2, 0) is 0 Å². The van der Waals surface area contributed by atoms with E-state index in [9.17, 15) is 4.79 Å². The second kappa shape index (κ2) is 11.7. The Bertz CT molecular complexity index is 1300. The smallest absolute Gasteiger partial charge is 0.319 e. The van der Waals surface area contributed by atoms with E-state index >= 15 is 0 Å². The fraction of sp³-hybridized carbons (Fsp3) is 0.433. The van der Waals surface area contributed by atoms with E-state index in [0.717, 1.165) is 61.5 Å². The molecule has 2 bridgehead atoms. The maximum atomic E-state index is 12.5. The molecule has 3 aliphatic heterocycles. The van der Waals surface area contributed by atoms with E-state index < -0.39 is 0 Å². The number of rotatable bonds is 8. The summed E-state index contributed by atoms with van der Waals surface area (Å²) in [6, 6.07) is 15.3. The first-order valence-electron chi connectivity index (χ1n) is 13.7. The lowest BCUT2D eigenvalue weighted by atomic mass is 9.74. The van der Waals surface area contributed by atoms with Crippen molar-refractivity contribution >= 4 is 11.7 Å².